The number of ether oxygens (including phenoxy) is 1. The molecule has 0 spiro atoms. The topological polar surface area (TPSA) is 102 Å². The lowest BCUT2D eigenvalue weighted by atomic mass is 10.2. The Bertz CT molecular complexity index is 1310. The Morgan fingerprint density at radius 1 is 1.23 bits per heavy atom. The summed E-state index contributed by atoms with van der Waals surface area (Å²) >= 11 is 1.54. The van der Waals surface area contributed by atoms with Crippen molar-refractivity contribution in [1.29, 1.82) is 0 Å². The van der Waals surface area contributed by atoms with Crippen LogP contribution in [0, 0.1) is 0 Å². The maximum Gasteiger partial charge on any atom is 0.256 e. The van der Waals surface area contributed by atoms with Gasteiger partial charge in [-0.15, -0.1) is 11.3 Å². The van der Waals surface area contributed by atoms with Crippen LogP contribution < -0.4 is 15.6 Å². The molecule has 0 aliphatic heterocycles. The predicted molar refractivity (Wildman–Crippen MR) is 118 cm³/mol. The number of anilines is 1. The Morgan fingerprint density at radius 3 is 2.81 bits per heavy atom. The van der Waals surface area contributed by atoms with Crippen molar-refractivity contribution >= 4 is 23.1 Å². The maximum atomic E-state index is 12.9. The van der Waals surface area contributed by atoms with Crippen LogP contribution in [-0.2, 0) is 12.8 Å². The third kappa shape index (κ3) is 3.64. The van der Waals surface area contributed by atoms with Crippen LogP contribution in [0.25, 0.3) is 16.5 Å². The fraction of sp³-hybridized carbons (Fsp3) is 0.182. The van der Waals surface area contributed by atoms with Gasteiger partial charge in [0.25, 0.3) is 11.5 Å². The van der Waals surface area contributed by atoms with Crippen molar-refractivity contribution in [3.8, 4) is 22.3 Å². The fourth-order valence-corrected chi connectivity index (χ4v) is 4.32. The number of amides is 1. The first kappa shape index (κ1) is 19.3. The monoisotopic (exact) mass is 433 g/mol. The molecule has 1 aliphatic rings. The summed E-state index contributed by atoms with van der Waals surface area (Å²) in [7, 11) is 1.57. The first-order chi connectivity index (χ1) is 15.1. The summed E-state index contributed by atoms with van der Waals surface area (Å²) in [6, 6.07) is 12.5. The highest BCUT2D eigenvalue weighted by molar-refractivity contribution is 7.13. The lowest BCUT2D eigenvalue weighted by Gasteiger charge is -2.09. The molecule has 8 nitrogen and oxygen atoms in total. The highest BCUT2D eigenvalue weighted by atomic mass is 32.1. The van der Waals surface area contributed by atoms with Gasteiger partial charge >= 0.3 is 0 Å². The van der Waals surface area contributed by atoms with Gasteiger partial charge in [0.1, 0.15) is 17.3 Å². The number of nitrogens with zero attached hydrogens (tertiary/aromatic N) is 3. The van der Waals surface area contributed by atoms with Crippen molar-refractivity contribution in [2.24, 2.45) is 0 Å². The number of benzene rings is 1. The van der Waals surface area contributed by atoms with Gasteiger partial charge in [-0.1, -0.05) is 6.07 Å². The molecule has 0 unspecified atom stereocenters. The molecule has 1 amide bonds. The third-order valence-corrected chi connectivity index (χ3v) is 6.10. The smallest absolute Gasteiger partial charge is 0.256 e. The number of fused-ring (bicyclic) bond motifs is 1. The molecule has 2 N–H and O–H groups in total. The average Bonchev–Trinajstić information content (AvgIpc) is 3.54. The highest BCUT2D eigenvalue weighted by Gasteiger charge is 2.21. The van der Waals surface area contributed by atoms with Crippen LogP contribution >= 0.6 is 11.3 Å². The molecule has 0 saturated heterocycles. The Labute approximate surface area is 181 Å². The lowest BCUT2D eigenvalue weighted by Crippen LogP contribution is -2.21. The van der Waals surface area contributed by atoms with Gasteiger partial charge in [-0.3, -0.25) is 14.6 Å². The van der Waals surface area contributed by atoms with Crippen LogP contribution in [0.1, 0.15) is 28.0 Å². The molecule has 1 aliphatic carbocycles. The second-order valence-corrected chi connectivity index (χ2v) is 8.10. The first-order valence-electron chi connectivity index (χ1n) is 9.84. The van der Waals surface area contributed by atoms with Crippen molar-refractivity contribution in [1.82, 2.24) is 19.7 Å². The number of nitrogens with one attached hydrogen (secondary N) is 2. The molecule has 0 saturated carbocycles. The molecular formula is C22H19N5O3S. The maximum absolute atomic E-state index is 12.9. The number of aromatic nitrogens is 4. The minimum atomic E-state index is -0.301. The SMILES string of the molecule is COc1ccc(C(=O)Nc2cc(-c3cccs3)nn2-c2nc3c(c(=O)[nH]2)CCC3)cc1. The van der Waals surface area contributed by atoms with Gasteiger partial charge in [-0.05, 0) is 55.0 Å². The molecule has 3 aromatic heterocycles. The van der Waals surface area contributed by atoms with E-state index in [1.165, 1.54) is 4.68 Å². The number of H-pyrrole nitrogens is 1. The highest BCUT2D eigenvalue weighted by Crippen LogP contribution is 2.28. The van der Waals surface area contributed by atoms with E-state index in [1.807, 2.05) is 17.5 Å². The van der Waals surface area contributed by atoms with Gasteiger partial charge in [0.15, 0.2) is 0 Å². The summed E-state index contributed by atoms with van der Waals surface area (Å²) in [5.41, 5.74) is 2.53. The minimum Gasteiger partial charge on any atom is -0.497 e. The van der Waals surface area contributed by atoms with Gasteiger partial charge in [0.2, 0.25) is 5.95 Å². The van der Waals surface area contributed by atoms with E-state index >= 15 is 0 Å². The van der Waals surface area contributed by atoms with Crippen molar-refractivity contribution < 1.29 is 9.53 Å². The van der Waals surface area contributed by atoms with Crippen molar-refractivity contribution in [3.05, 3.63) is 75.0 Å². The number of aryl methyl sites for hydroxylation is 1. The number of aromatic amines is 1. The standard InChI is InChI=1S/C22H19N5O3S/c1-30-14-9-7-13(8-10-14)20(28)24-19-12-17(18-6-3-11-31-18)26-27(19)22-23-16-5-2-4-15(16)21(29)25-22/h3,6-12H,2,4-5H2,1H3,(H,24,28)(H,23,25,29). The van der Waals surface area contributed by atoms with Gasteiger partial charge in [-0.25, -0.2) is 4.98 Å². The van der Waals surface area contributed by atoms with E-state index in [2.05, 4.69) is 20.4 Å². The number of carbonyl (C=O) groups excluding carboxylic acids is 1. The molecule has 1 aromatic carbocycles. The Balaban J connectivity index is 1.55. The van der Waals surface area contributed by atoms with E-state index < -0.39 is 0 Å². The normalized spacial score (nSPS) is 12.5. The summed E-state index contributed by atoms with van der Waals surface area (Å²) in [4.78, 5) is 33.8. The molecule has 0 atom stereocenters. The summed E-state index contributed by atoms with van der Waals surface area (Å²) < 4.78 is 6.63. The Hall–Kier alpha value is -3.72. The second-order valence-electron chi connectivity index (χ2n) is 7.15. The van der Waals surface area contributed by atoms with E-state index in [1.54, 1.807) is 48.8 Å². The largest absolute Gasteiger partial charge is 0.497 e. The molecule has 0 bridgehead atoms. The Morgan fingerprint density at radius 2 is 2.06 bits per heavy atom. The zero-order valence-corrected chi connectivity index (χ0v) is 17.5. The van der Waals surface area contributed by atoms with Crippen molar-refractivity contribution in [2.45, 2.75) is 19.3 Å². The molecule has 9 heteroatoms. The molecule has 0 radical (unpaired) electrons. The van der Waals surface area contributed by atoms with Gasteiger partial charge in [-0.2, -0.15) is 9.78 Å². The molecule has 31 heavy (non-hydrogen) atoms. The quantitative estimate of drug-likeness (QED) is 0.502. The van der Waals surface area contributed by atoms with Crippen molar-refractivity contribution in [3.63, 3.8) is 0 Å². The van der Waals surface area contributed by atoms with Gasteiger partial charge in [0, 0.05) is 17.2 Å². The molecule has 156 valence electrons. The van der Waals surface area contributed by atoms with Gasteiger partial charge in [0.05, 0.1) is 17.7 Å². The third-order valence-electron chi connectivity index (χ3n) is 5.21. The molecule has 3 heterocycles. The molecule has 0 fully saturated rings. The van der Waals surface area contributed by atoms with E-state index in [-0.39, 0.29) is 11.5 Å². The summed E-state index contributed by atoms with van der Waals surface area (Å²) in [5, 5.41) is 9.48. The first-order valence-corrected chi connectivity index (χ1v) is 10.7. The lowest BCUT2D eigenvalue weighted by molar-refractivity contribution is 0.102. The zero-order valence-electron chi connectivity index (χ0n) is 16.7. The number of methoxy groups -OCH3 is 1. The average molecular weight is 433 g/mol. The molecular weight excluding hydrogens is 414 g/mol. The van der Waals surface area contributed by atoms with E-state index in [9.17, 15) is 9.59 Å². The summed E-state index contributed by atoms with van der Waals surface area (Å²) in [6.45, 7) is 0. The van der Waals surface area contributed by atoms with Crippen LogP contribution in [0.4, 0.5) is 5.82 Å². The second kappa shape index (κ2) is 7.84. The minimum absolute atomic E-state index is 0.155. The van der Waals surface area contributed by atoms with Crippen LogP contribution in [0.3, 0.4) is 0 Å². The predicted octanol–water partition coefficient (Wildman–Crippen LogP) is 3.43. The van der Waals surface area contributed by atoms with Crippen LogP contribution in [-0.4, -0.2) is 32.8 Å². The molecule has 5 rings (SSSR count). The van der Waals surface area contributed by atoms with E-state index in [0.29, 0.717) is 28.8 Å². The Kier molecular flexibility index (Phi) is 4.87. The van der Waals surface area contributed by atoms with Gasteiger partial charge < -0.3 is 10.1 Å². The van der Waals surface area contributed by atoms with Crippen LogP contribution in [0.2, 0.25) is 0 Å². The van der Waals surface area contributed by atoms with E-state index in [4.69, 9.17) is 4.74 Å². The molecule has 4 aromatic rings. The fourth-order valence-electron chi connectivity index (χ4n) is 3.64. The number of thiophene rings is 1. The van der Waals surface area contributed by atoms with Crippen LogP contribution in [0.5, 0.6) is 5.75 Å². The number of hydrogen-bond donors (Lipinski definition) is 2. The number of rotatable bonds is 5. The van der Waals surface area contributed by atoms with Crippen molar-refractivity contribution in [2.75, 3.05) is 12.4 Å². The van der Waals surface area contributed by atoms with Crippen LogP contribution in [0.15, 0.2) is 52.6 Å². The zero-order chi connectivity index (χ0) is 21.4. The number of carbonyl (C=O) groups is 1. The number of hydrogen-bond acceptors (Lipinski definition) is 6. The van der Waals surface area contributed by atoms with E-state index in [0.717, 1.165) is 35.4 Å². The summed E-state index contributed by atoms with van der Waals surface area (Å²) in [6.07, 6.45) is 2.41. The summed E-state index contributed by atoms with van der Waals surface area (Å²) in [5.74, 6) is 1.08.